The first-order valence-corrected chi connectivity index (χ1v) is 6.97. The van der Waals surface area contributed by atoms with Crippen molar-refractivity contribution in [3.05, 3.63) is 47.4 Å². The Labute approximate surface area is 118 Å². The Balaban J connectivity index is 2.00. The van der Waals surface area contributed by atoms with Gasteiger partial charge in [-0.1, -0.05) is 13.0 Å². The maximum atomic E-state index is 12.7. The van der Waals surface area contributed by atoms with Crippen LogP contribution in [-0.2, 0) is 12.8 Å². The molecular weight excluding hydrogens is 252 g/mol. The zero-order valence-corrected chi connectivity index (χ0v) is 11.6. The van der Waals surface area contributed by atoms with Gasteiger partial charge in [-0.2, -0.15) is 0 Å². The molecule has 4 nitrogen and oxygen atoms in total. The van der Waals surface area contributed by atoms with Gasteiger partial charge in [-0.3, -0.25) is 4.79 Å². The summed E-state index contributed by atoms with van der Waals surface area (Å²) in [4.78, 5) is 14.6. The first kappa shape index (κ1) is 12.8. The Kier molecular flexibility index (Phi) is 3.22. The van der Waals surface area contributed by atoms with E-state index in [0.29, 0.717) is 17.7 Å². The van der Waals surface area contributed by atoms with E-state index in [2.05, 4.69) is 0 Å². The number of aryl methyl sites for hydroxylation is 2. The van der Waals surface area contributed by atoms with Crippen LogP contribution in [0.15, 0.2) is 34.9 Å². The molecule has 3 rings (SSSR count). The number of nitrogen functional groups attached to an aromatic ring is 1. The molecule has 0 spiro atoms. The average molecular weight is 270 g/mol. The fraction of sp³-hybridized carbons (Fsp3) is 0.312. The predicted molar refractivity (Wildman–Crippen MR) is 78.9 cm³/mol. The number of furan rings is 1. The highest BCUT2D eigenvalue weighted by Crippen LogP contribution is 2.31. The lowest BCUT2D eigenvalue weighted by Crippen LogP contribution is -2.35. The van der Waals surface area contributed by atoms with Gasteiger partial charge in [0.2, 0.25) is 0 Å². The fourth-order valence-electron chi connectivity index (χ4n) is 2.75. The van der Waals surface area contributed by atoms with Crippen LogP contribution in [0.2, 0.25) is 0 Å². The van der Waals surface area contributed by atoms with Crippen molar-refractivity contribution in [2.45, 2.75) is 26.2 Å². The van der Waals surface area contributed by atoms with Gasteiger partial charge in [-0.25, -0.2) is 0 Å². The summed E-state index contributed by atoms with van der Waals surface area (Å²) in [6, 6.07) is 7.54. The molecule has 0 saturated heterocycles. The van der Waals surface area contributed by atoms with Crippen molar-refractivity contribution in [1.29, 1.82) is 0 Å². The van der Waals surface area contributed by atoms with E-state index < -0.39 is 0 Å². The number of nitrogens with two attached hydrogens (primary N) is 1. The van der Waals surface area contributed by atoms with Gasteiger partial charge in [0.15, 0.2) is 0 Å². The lowest BCUT2D eigenvalue weighted by atomic mass is 10.00. The Hall–Kier alpha value is -2.23. The number of hydrogen-bond acceptors (Lipinski definition) is 3. The lowest BCUT2D eigenvalue weighted by Gasteiger charge is -2.29. The third-order valence-corrected chi connectivity index (χ3v) is 3.77. The van der Waals surface area contributed by atoms with Crippen molar-refractivity contribution in [2.75, 3.05) is 17.2 Å². The molecule has 0 fully saturated rings. The van der Waals surface area contributed by atoms with Crippen molar-refractivity contribution in [2.24, 2.45) is 0 Å². The molecule has 1 aromatic carbocycles. The zero-order valence-electron chi connectivity index (χ0n) is 11.6. The summed E-state index contributed by atoms with van der Waals surface area (Å²) in [6.45, 7) is 2.71. The van der Waals surface area contributed by atoms with Crippen LogP contribution in [0, 0.1) is 0 Å². The van der Waals surface area contributed by atoms with Crippen LogP contribution < -0.4 is 10.6 Å². The van der Waals surface area contributed by atoms with Gasteiger partial charge < -0.3 is 15.1 Å². The highest BCUT2D eigenvalue weighted by atomic mass is 16.3. The van der Waals surface area contributed by atoms with E-state index in [4.69, 9.17) is 10.2 Å². The molecule has 1 aliphatic rings. The number of nitrogens with zero attached hydrogens (tertiary/aromatic N) is 1. The van der Waals surface area contributed by atoms with E-state index in [9.17, 15) is 4.79 Å². The molecule has 1 amide bonds. The summed E-state index contributed by atoms with van der Waals surface area (Å²) in [5.41, 5.74) is 9.32. The maximum Gasteiger partial charge on any atom is 0.261 e. The minimum atomic E-state index is 0.00199. The molecular formula is C16H18N2O2. The van der Waals surface area contributed by atoms with Gasteiger partial charge in [0.1, 0.15) is 5.76 Å². The molecule has 2 aromatic rings. The normalized spacial score (nSPS) is 14.2. The summed E-state index contributed by atoms with van der Waals surface area (Å²) in [7, 11) is 0. The first-order chi connectivity index (χ1) is 9.70. The van der Waals surface area contributed by atoms with Gasteiger partial charge in [-0.15, -0.1) is 0 Å². The molecule has 0 atom stereocenters. The molecule has 2 N–H and O–H groups in total. The summed E-state index contributed by atoms with van der Waals surface area (Å²) < 4.78 is 5.37. The van der Waals surface area contributed by atoms with Gasteiger partial charge in [-0.05, 0) is 36.6 Å². The lowest BCUT2D eigenvalue weighted by molar-refractivity contribution is 0.0983. The van der Waals surface area contributed by atoms with Crippen molar-refractivity contribution in [3.63, 3.8) is 0 Å². The summed E-state index contributed by atoms with van der Waals surface area (Å²) in [5, 5.41) is 0. The second-order valence-electron chi connectivity index (χ2n) is 5.06. The number of carbonyl (C=O) groups excluding carboxylic acids is 1. The third kappa shape index (κ3) is 2.07. The number of amides is 1. The molecule has 0 saturated carbocycles. The highest BCUT2D eigenvalue weighted by Gasteiger charge is 2.26. The van der Waals surface area contributed by atoms with Crippen molar-refractivity contribution in [1.82, 2.24) is 0 Å². The second kappa shape index (κ2) is 5.04. The number of anilines is 2. The molecule has 0 bridgehead atoms. The zero-order chi connectivity index (χ0) is 14.1. The van der Waals surface area contributed by atoms with Crippen LogP contribution >= 0.6 is 0 Å². The van der Waals surface area contributed by atoms with Crippen LogP contribution in [0.5, 0.6) is 0 Å². The van der Waals surface area contributed by atoms with Crippen LogP contribution in [0.25, 0.3) is 0 Å². The minimum absolute atomic E-state index is 0.00199. The standard InChI is InChI=1S/C16H18N2O2/c1-2-15-13(7-9-20-15)16(19)18-8-3-4-11-5-6-12(17)10-14(11)18/h5-7,9-10H,2-4,8,17H2,1H3. The Morgan fingerprint density at radius 2 is 2.25 bits per heavy atom. The van der Waals surface area contributed by atoms with E-state index in [0.717, 1.165) is 30.8 Å². The van der Waals surface area contributed by atoms with Gasteiger partial charge >= 0.3 is 0 Å². The number of rotatable bonds is 2. The van der Waals surface area contributed by atoms with Crippen LogP contribution in [-0.4, -0.2) is 12.5 Å². The smallest absolute Gasteiger partial charge is 0.261 e. The highest BCUT2D eigenvalue weighted by molar-refractivity contribution is 6.07. The summed E-state index contributed by atoms with van der Waals surface area (Å²) >= 11 is 0. The number of hydrogen-bond donors (Lipinski definition) is 1. The number of carbonyl (C=O) groups is 1. The van der Waals surface area contributed by atoms with E-state index >= 15 is 0 Å². The topological polar surface area (TPSA) is 59.5 Å². The number of benzene rings is 1. The van der Waals surface area contributed by atoms with Crippen molar-refractivity contribution >= 4 is 17.3 Å². The van der Waals surface area contributed by atoms with E-state index in [-0.39, 0.29) is 5.91 Å². The SMILES string of the molecule is CCc1occc1C(=O)N1CCCc2ccc(N)cc21. The van der Waals surface area contributed by atoms with Crippen molar-refractivity contribution in [3.8, 4) is 0 Å². The summed E-state index contributed by atoms with van der Waals surface area (Å²) in [6.07, 6.45) is 4.26. The van der Waals surface area contributed by atoms with Gasteiger partial charge in [0, 0.05) is 24.3 Å². The van der Waals surface area contributed by atoms with E-state index in [1.54, 1.807) is 12.3 Å². The Morgan fingerprint density at radius 1 is 1.40 bits per heavy atom. The minimum Gasteiger partial charge on any atom is -0.469 e. The molecule has 4 heteroatoms. The monoisotopic (exact) mass is 270 g/mol. The molecule has 0 unspecified atom stereocenters. The fourth-order valence-corrected chi connectivity index (χ4v) is 2.75. The molecule has 2 heterocycles. The van der Waals surface area contributed by atoms with E-state index in [1.165, 1.54) is 5.56 Å². The van der Waals surface area contributed by atoms with Crippen LogP contribution in [0.4, 0.5) is 11.4 Å². The first-order valence-electron chi connectivity index (χ1n) is 6.97. The molecule has 20 heavy (non-hydrogen) atoms. The predicted octanol–water partition coefficient (Wildman–Crippen LogP) is 3.02. The Morgan fingerprint density at radius 3 is 3.05 bits per heavy atom. The van der Waals surface area contributed by atoms with Gasteiger partial charge in [0.05, 0.1) is 11.8 Å². The second-order valence-corrected chi connectivity index (χ2v) is 5.06. The molecule has 104 valence electrons. The third-order valence-electron chi connectivity index (χ3n) is 3.77. The quantitative estimate of drug-likeness (QED) is 0.853. The van der Waals surface area contributed by atoms with Crippen LogP contribution in [0.3, 0.4) is 0 Å². The molecule has 1 aliphatic heterocycles. The molecule has 1 aromatic heterocycles. The largest absolute Gasteiger partial charge is 0.469 e. The Bertz CT molecular complexity index is 646. The molecule has 0 radical (unpaired) electrons. The number of fused-ring (bicyclic) bond motifs is 1. The van der Waals surface area contributed by atoms with Crippen molar-refractivity contribution < 1.29 is 9.21 Å². The van der Waals surface area contributed by atoms with Gasteiger partial charge in [0.25, 0.3) is 5.91 Å². The van der Waals surface area contributed by atoms with Crippen LogP contribution in [0.1, 0.15) is 35.0 Å². The molecule has 0 aliphatic carbocycles. The maximum absolute atomic E-state index is 12.7. The average Bonchev–Trinajstić information content (AvgIpc) is 2.94. The van der Waals surface area contributed by atoms with E-state index in [1.807, 2.05) is 30.0 Å². The summed E-state index contributed by atoms with van der Waals surface area (Å²) in [5.74, 6) is 0.744.